The first-order valence-corrected chi connectivity index (χ1v) is 9.11. The Bertz CT molecular complexity index is 685. The zero-order valence-corrected chi connectivity index (χ0v) is 15.3. The molecule has 25 heavy (non-hydrogen) atoms. The van der Waals surface area contributed by atoms with Crippen LogP contribution in [0.5, 0.6) is 0 Å². The van der Waals surface area contributed by atoms with Gasteiger partial charge in [0.05, 0.1) is 12.2 Å². The predicted octanol–water partition coefficient (Wildman–Crippen LogP) is 3.83. The van der Waals surface area contributed by atoms with Crippen LogP contribution < -0.4 is 10.6 Å². The van der Waals surface area contributed by atoms with Gasteiger partial charge in [-0.2, -0.15) is 0 Å². The Labute approximate surface area is 150 Å². The van der Waals surface area contributed by atoms with Crippen molar-refractivity contribution in [1.29, 1.82) is 0 Å². The van der Waals surface area contributed by atoms with Gasteiger partial charge >= 0.3 is 0 Å². The van der Waals surface area contributed by atoms with Crippen LogP contribution in [0.25, 0.3) is 11.5 Å². The Kier molecular flexibility index (Phi) is 5.74. The molecule has 5 nitrogen and oxygen atoms in total. The first-order chi connectivity index (χ1) is 12.1. The number of rotatable bonds is 4. The molecule has 1 aliphatic carbocycles. The number of nitrogens with one attached hydrogen (secondary N) is 2. The van der Waals surface area contributed by atoms with E-state index in [9.17, 15) is 0 Å². The summed E-state index contributed by atoms with van der Waals surface area (Å²) < 4.78 is 5.58. The molecule has 2 unspecified atom stereocenters. The summed E-state index contributed by atoms with van der Waals surface area (Å²) >= 11 is 0. The van der Waals surface area contributed by atoms with Gasteiger partial charge in [0.25, 0.3) is 0 Å². The Morgan fingerprint density at radius 2 is 1.88 bits per heavy atom. The average Bonchev–Trinajstić information content (AvgIpc) is 3.07. The highest BCUT2D eigenvalue weighted by Gasteiger charge is 2.24. The fourth-order valence-electron chi connectivity index (χ4n) is 3.73. The van der Waals surface area contributed by atoms with Crippen molar-refractivity contribution in [1.82, 2.24) is 15.6 Å². The molecular formula is C20H28N4O. The van der Waals surface area contributed by atoms with Crippen molar-refractivity contribution >= 4 is 5.96 Å². The lowest BCUT2D eigenvalue weighted by atomic mass is 9.80. The molecule has 1 aromatic heterocycles. The molecule has 0 aliphatic heterocycles. The topological polar surface area (TPSA) is 62.5 Å². The molecule has 1 heterocycles. The molecule has 3 rings (SSSR count). The predicted molar refractivity (Wildman–Crippen MR) is 101 cm³/mol. The van der Waals surface area contributed by atoms with Crippen molar-refractivity contribution in [3.8, 4) is 11.5 Å². The molecule has 0 spiro atoms. The van der Waals surface area contributed by atoms with Gasteiger partial charge in [0.15, 0.2) is 5.96 Å². The van der Waals surface area contributed by atoms with Crippen molar-refractivity contribution in [2.24, 2.45) is 16.8 Å². The summed E-state index contributed by atoms with van der Waals surface area (Å²) in [5.41, 5.74) is 1.86. The summed E-state index contributed by atoms with van der Waals surface area (Å²) in [6.07, 6.45) is 5.43. The second kappa shape index (κ2) is 8.19. The van der Waals surface area contributed by atoms with Crippen LogP contribution in [0.2, 0.25) is 0 Å². The molecule has 1 fully saturated rings. The number of aromatic nitrogens is 1. The average molecular weight is 340 g/mol. The Morgan fingerprint density at radius 1 is 1.16 bits per heavy atom. The molecule has 134 valence electrons. The summed E-state index contributed by atoms with van der Waals surface area (Å²) in [6.45, 7) is 5.26. The largest absolute Gasteiger partial charge is 0.444 e. The van der Waals surface area contributed by atoms with Gasteiger partial charge in [-0.05, 0) is 43.2 Å². The fourth-order valence-corrected chi connectivity index (χ4v) is 3.73. The highest BCUT2D eigenvalue weighted by atomic mass is 16.3. The first-order valence-electron chi connectivity index (χ1n) is 9.11. The summed E-state index contributed by atoms with van der Waals surface area (Å²) in [6, 6.07) is 10.4. The molecule has 2 N–H and O–H groups in total. The zero-order valence-electron chi connectivity index (χ0n) is 15.3. The monoisotopic (exact) mass is 340 g/mol. The molecule has 2 aromatic rings. The first kappa shape index (κ1) is 17.5. The van der Waals surface area contributed by atoms with Gasteiger partial charge in [-0.25, -0.2) is 4.98 Å². The Balaban J connectivity index is 1.54. The van der Waals surface area contributed by atoms with Crippen LogP contribution in [-0.4, -0.2) is 24.0 Å². The third-order valence-electron chi connectivity index (χ3n) is 4.75. The molecule has 1 saturated carbocycles. The Morgan fingerprint density at radius 3 is 2.56 bits per heavy atom. The van der Waals surface area contributed by atoms with Gasteiger partial charge in [0.2, 0.25) is 5.89 Å². The van der Waals surface area contributed by atoms with E-state index in [2.05, 4.69) is 34.5 Å². The number of hydrogen-bond donors (Lipinski definition) is 2. The maximum atomic E-state index is 5.58. The minimum Gasteiger partial charge on any atom is -0.444 e. The number of hydrogen-bond acceptors (Lipinski definition) is 3. The maximum Gasteiger partial charge on any atom is 0.226 e. The van der Waals surface area contributed by atoms with E-state index in [1.807, 2.05) is 37.4 Å². The smallest absolute Gasteiger partial charge is 0.226 e. The molecule has 0 saturated heterocycles. The number of aliphatic imine (C=N–C) groups is 1. The molecule has 1 aromatic carbocycles. The fraction of sp³-hybridized carbons (Fsp3) is 0.500. The van der Waals surface area contributed by atoms with Crippen LogP contribution in [0, 0.1) is 11.8 Å². The highest BCUT2D eigenvalue weighted by Crippen LogP contribution is 2.28. The van der Waals surface area contributed by atoms with Gasteiger partial charge in [-0.3, -0.25) is 4.99 Å². The van der Waals surface area contributed by atoms with E-state index in [0.717, 1.165) is 29.1 Å². The highest BCUT2D eigenvalue weighted by molar-refractivity contribution is 5.79. The number of nitrogens with zero attached hydrogens (tertiary/aromatic N) is 2. The molecule has 0 radical (unpaired) electrons. The standard InChI is InChI=1S/C20H28N4O/c1-14-9-15(2)11-17(10-14)24-20(21-3)22-12-18-13-25-19(23-18)16-7-5-4-6-8-16/h4-8,13-15,17H,9-12H2,1-3H3,(H2,21,22,24). The van der Waals surface area contributed by atoms with E-state index in [0.29, 0.717) is 18.5 Å². The summed E-state index contributed by atoms with van der Waals surface area (Å²) in [5.74, 6) is 3.01. The van der Waals surface area contributed by atoms with Crippen molar-refractivity contribution in [2.75, 3.05) is 7.05 Å². The van der Waals surface area contributed by atoms with Gasteiger partial charge in [0.1, 0.15) is 6.26 Å². The van der Waals surface area contributed by atoms with E-state index in [1.165, 1.54) is 19.3 Å². The van der Waals surface area contributed by atoms with E-state index in [1.54, 1.807) is 6.26 Å². The minimum atomic E-state index is 0.488. The molecule has 0 amide bonds. The van der Waals surface area contributed by atoms with Crippen LogP contribution in [0.15, 0.2) is 46.0 Å². The van der Waals surface area contributed by atoms with Crippen molar-refractivity contribution in [3.05, 3.63) is 42.3 Å². The number of benzene rings is 1. The molecule has 0 bridgehead atoms. The SMILES string of the molecule is CN=C(NCc1coc(-c2ccccc2)n1)NC1CC(C)CC(C)C1. The third kappa shape index (κ3) is 4.84. The van der Waals surface area contributed by atoms with Gasteiger partial charge < -0.3 is 15.1 Å². The minimum absolute atomic E-state index is 0.488. The summed E-state index contributed by atoms with van der Waals surface area (Å²) in [7, 11) is 1.81. The van der Waals surface area contributed by atoms with Crippen LogP contribution >= 0.6 is 0 Å². The lowest BCUT2D eigenvalue weighted by Gasteiger charge is -2.32. The number of guanidine groups is 1. The molecule has 1 aliphatic rings. The third-order valence-corrected chi connectivity index (χ3v) is 4.75. The van der Waals surface area contributed by atoms with Crippen LogP contribution in [0.1, 0.15) is 38.8 Å². The van der Waals surface area contributed by atoms with Crippen LogP contribution in [0.3, 0.4) is 0 Å². The number of oxazole rings is 1. The second-order valence-electron chi connectivity index (χ2n) is 7.19. The van der Waals surface area contributed by atoms with E-state index < -0.39 is 0 Å². The Hall–Kier alpha value is -2.30. The summed E-state index contributed by atoms with van der Waals surface area (Å²) in [5, 5.41) is 6.90. The molecular weight excluding hydrogens is 312 g/mol. The van der Waals surface area contributed by atoms with Gasteiger partial charge in [0, 0.05) is 18.7 Å². The van der Waals surface area contributed by atoms with Crippen molar-refractivity contribution < 1.29 is 4.42 Å². The molecule has 2 atom stereocenters. The quantitative estimate of drug-likeness (QED) is 0.656. The second-order valence-corrected chi connectivity index (χ2v) is 7.19. The van der Waals surface area contributed by atoms with Crippen LogP contribution in [0.4, 0.5) is 0 Å². The summed E-state index contributed by atoms with van der Waals surface area (Å²) in [4.78, 5) is 8.89. The lowest BCUT2D eigenvalue weighted by Crippen LogP contribution is -2.46. The maximum absolute atomic E-state index is 5.58. The van der Waals surface area contributed by atoms with Crippen LogP contribution in [-0.2, 0) is 6.54 Å². The van der Waals surface area contributed by atoms with E-state index >= 15 is 0 Å². The van der Waals surface area contributed by atoms with E-state index in [-0.39, 0.29) is 0 Å². The van der Waals surface area contributed by atoms with Gasteiger partial charge in [-0.15, -0.1) is 0 Å². The van der Waals surface area contributed by atoms with E-state index in [4.69, 9.17) is 4.42 Å². The zero-order chi connectivity index (χ0) is 17.6. The molecule has 5 heteroatoms. The lowest BCUT2D eigenvalue weighted by molar-refractivity contribution is 0.255. The normalized spacial score (nSPS) is 24.1. The van der Waals surface area contributed by atoms with Crippen molar-refractivity contribution in [3.63, 3.8) is 0 Å². The van der Waals surface area contributed by atoms with Crippen molar-refractivity contribution in [2.45, 2.75) is 45.7 Å². The van der Waals surface area contributed by atoms with Gasteiger partial charge in [-0.1, -0.05) is 32.0 Å².